The molecule has 8 unspecified atom stereocenters. The molecule has 0 aromatic carbocycles. The second kappa shape index (κ2) is 6.32. The van der Waals surface area contributed by atoms with E-state index in [0.717, 1.165) is 25.7 Å². The fourth-order valence-electron chi connectivity index (χ4n) is 10.4. The number of hydrogen-bond acceptors (Lipinski definition) is 4. The van der Waals surface area contributed by atoms with Crippen LogP contribution in [0.1, 0.15) is 113 Å². The lowest BCUT2D eigenvalue weighted by molar-refractivity contribution is -0.301. The van der Waals surface area contributed by atoms with E-state index in [0.29, 0.717) is 23.2 Å². The number of esters is 1. The van der Waals surface area contributed by atoms with E-state index in [1.807, 2.05) is 6.92 Å². The van der Waals surface area contributed by atoms with Gasteiger partial charge in [0.05, 0.1) is 5.41 Å². The van der Waals surface area contributed by atoms with Crippen LogP contribution in [0.25, 0.3) is 0 Å². The van der Waals surface area contributed by atoms with Crippen molar-refractivity contribution in [2.75, 3.05) is 0 Å². The van der Waals surface area contributed by atoms with Gasteiger partial charge in [0.15, 0.2) is 5.60 Å². The number of ether oxygens (including phenoxy) is 1. The van der Waals surface area contributed by atoms with E-state index in [9.17, 15) is 14.4 Å². The molecule has 0 bridgehead atoms. The number of ketones is 2. The van der Waals surface area contributed by atoms with Gasteiger partial charge in [0.2, 0.25) is 0 Å². The molecule has 1 spiro atoms. The van der Waals surface area contributed by atoms with Gasteiger partial charge >= 0.3 is 5.97 Å². The van der Waals surface area contributed by atoms with Crippen LogP contribution in [0.4, 0.5) is 0 Å². The topological polar surface area (TPSA) is 60.4 Å². The summed E-state index contributed by atoms with van der Waals surface area (Å²) in [6, 6.07) is 0. The highest BCUT2D eigenvalue weighted by molar-refractivity contribution is 6.44. The van der Waals surface area contributed by atoms with Crippen LogP contribution in [-0.4, -0.2) is 23.1 Å². The first-order valence-corrected chi connectivity index (χ1v) is 13.3. The van der Waals surface area contributed by atoms with E-state index in [-0.39, 0.29) is 22.5 Å². The quantitative estimate of drug-likeness (QED) is 0.343. The highest BCUT2D eigenvalue weighted by Crippen LogP contribution is 2.79. The molecule has 8 atom stereocenters. The molecule has 0 aromatic rings. The molecule has 5 aliphatic rings. The number of carbonyl (C=O) groups is 3. The lowest BCUT2D eigenvalue weighted by atomic mass is 9.29. The Labute approximate surface area is 200 Å². The maximum Gasteiger partial charge on any atom is 0.380 e. The molecular weight excluding hydrogens is 412 g/mol. The Morgan fingerprint density at radius 1 is 0.758 bits per heavy atom. The first kappa shape index (κ1) is 23.5. The minimum Gasteiger partial charge on any atom is -0.443 e. The third-order valence-electron chi connectivity index (χ3n) is 13.0. The Hall–Kier alpha value is -1.19. The predicted molar refractivity (Wildman–Crippen MR) is 127 cm³/mol. The normalized spacial score (nSPS) is 55.0. The highest BCUT2D eigenvalue weighted by atomic mass is 16.6. The van der Waals surface area contributed by atoms with Crippen molar-refractivity contribution < 1.29 is 19.1 Å². The average Bonchev–Trinajstić information content (AvgIpc) is 2.73. The minimum absolute atomic E-state index is 0.0215. The Balaban J connectivity index is 1.63. The maximum absolute atomic E-state index is 13.4. The van der Waals surface area contributed by atoms with Crippen LogP contribution in [0, 0.1) is 44.3 Å². The molecule has 0 radical (unpaired) electrons. The standard InChI is InChI=1S/C29H44O4/c1-18(30)25(5)10-9-19-26(6)14-13-24(4)12-11-23(2,3)17-20(24)27(26,7)15-16-28(19,8)29(25)21(31)22(32)33-29/h19-20H,9-17H2,1-8H3. The van der Waals surface area contributed by atoms with E-state index < -0.39 is 28.2 Å². The summed E-state index contributed by atoms with van der Waals surface area (Å²) in [6.45, 7) is 18.1. The molecule has 4 aliphatic carbocycles. The maximum atomic E-state index is 13.4. The van der Waals surface area contributed by atoms with Crippen molar-refractivity contribution in [3.8, 4) is 0 Å². The van der Waals surface area contributed by atoms with Crippen LogP contribution in [0.3, 0.4) is 0 Å². The summed E-state index contributed by atoms with van der Waals surface area (Å²) >= 11 is 0. The van der Waals surface area contributed by atoms with Gasteiger partial charge < -0.3 is 4.74 Å². The lowest BCUT2D eigenvalue weighted by Gasteiger charge is -2.75. The van der Waals surface area contributed by atoms with Crippen LogP contribution >= 0.6 is 0 Å². The molecule has 0 aromatic heterocycles. The number of fused-ring (bicyclic) bond motifs is 6. The van der Waals surface area contributed by atoms with Crippen molar-refractivity contribution in [2.45, 2.75) is 119 Å². The zero-order valence-corrected chi connectivity index (χ0v) is 22.2. The van der Waals surface area contributed by atoms with E-state index in [2.05, 4.69) is 41.5 Å². The summed E-state index contributed by atoms with van der Waals surface area (Å²) in [6.07, 6.45) is 9.70. The van der Waals surface area contributed by atoms with Crippen molar-refractivity contribution in [2.24, 2.45) is 44.3 Å². The van der Waals surface area contributed by atoms with Gasteiger partial charge in [-0.25, -0.2) is 4.79 Å². The highest BCUT2D eigenvalue weighted by Gasteiger charge is 2.82. The molecular formula is C29H44O4. The second-order valence-electron chi connectivity index (χ2n) is 14.7. The van der Waals surface area contributed by atoms with Gasteiger partial charge in [-0.15, -0.1) is 0 Å². The summed E-state index contributed by atoms with van der Waals surface area (Å²) in [4.78, 5) is 38.7. The fourth-order valence-corrected chi connectivity index (χ4v) is 10.4. The van der Waals surface area contributed by atoms with Gasteiger partial charge in [-0.1, -0.05) is 41.5 Å². The van der Waals surface area contributed by atoms with E-state index in [1.165, 1.54) is 25.7 Å². The lowest BCUT2D eigenvalue weighted by Crippen LogP contribution is -2.81. The smallest absolute Gasteiger partial charge is 0.380 e. The molecule has 184 valence electrons. The molecule has 5 fully saturated rings. The Morgan fingerprint density at radius 3 is 1.88 bits per heavy atom. The first-order chi connectivity index (χ1) is 15.0. The van der Waals surface area contributed by atoms with Crippen LogP contribution < -0.4 is 0 Å². The van der Waals surface area contributed by atoms with Crippen molar-refractivity contribution in [3.05, 3.63) is 0 Å². The van der Waals surface area contributed by atoms with Gasteiger partial charge in [-0.05, 0) is 105 Å². The summed E-state index contributed by atoms with van der Waals surface area (Å²) < 4.78 is 5.94. The number of hydrogen-bond donors (Lipinski definition) is 0. The van der Waals surface area contributed by atoms with E-state index >= 15 is 0 Å². The summed E-state index contributed by atoms with van der Waals surface area (Å²) in [5.74, 6) is -0.282. The third kappa shape index (κ3) is 2.42. The van der Waals surface area contributed by atoms with Crippen LogP contribution in [-0.2, 0) is 19.1 Å². The van der Waals surface area contributed by atoms with Crippen LogP contribution in [0.2, 0.25) is 0 Å². The SMILES string of the molecule is CC(=O)C1(C)CCC2C3(C)CCC4(C)CCC(C)(C)CC4C3(C)CCC2(C)C12OC(=O)C2=O. The van der Waals surface area contributed by atoms with Crippen molar-refractivity contribution in [3.63, 3.8) is 0 Å². The largest absolute Gasteiger partial charge is 0.443 e. The van der Waals surface area contributed by atoms with Crippen LogP contribution in [0.5, 0.6) is 0 Å². The van der Waals surface area contributed by atoms with Crippen molar-refractivity contribution in [1.29, 1.82) is 0 Å². The molecule has 1 saturated heterocycles. The van der Waals surface area contributed by atoms with Gasteiger partial charge in [0.25, 0.3) is 5.78 Å². The molecule has 33 heavy (non-hydrogen) atoms. The number of Topliss-reactive ketones (excluding diaryl/α,β-unsaturated/α-hetero) is 2. The second-order valence-corrected chi connectivity index (χ2v) is 14.7. The predicted octanol–water partition coefficient (Wildman–Crippen LogP) is 6.30. The monoisotopic (exact) mass is 456 g/mol. The molecule has 4 saturated carbocycles. The van der Waals surface area contributed by atoms with E-state index in [1.54, 1.807) is 6.92 Å². The van der Waals surface area contributed by atoms with Crippen LogP contribution in [0.15, 0.2) is 0 Å². The zero-order chi connectivity index (χ0) is 24.5. The van der Waals surface area contributed by atoms with Gasteiger partial charge in [-0.2, -0.15) is 0 Å². The third-order valence-corrected chi connectivity index (χ3v) is 13.0. The van der Waals surface area contributed by atoms with Gasteiger partial charge in [0, 0.05) is 5.41 Å². The molecule has 1 heterocycles. The molecule has 4 heteroatoms. The zero-order valence-electron chi connectivity index (χ0n) is 22.2. The van der Waals surface area contributed by atoms with Gasteiger partial charge in [-0.3, -0.25) is 9.59 Å². The Kier molecular flexibility index (Phi) is 4.51. The molecule has 0 amide bonds. The Bertz CT molecular complexity index is 951. The summed E-state index contributed by atoms with van der Waals surface area (Å²) in [7, 11) is 0. The molecule has 1 aliphatic heterocycles. The Morgan fingerprint density at radius 2 is 1.30 bits per heavy atom. The van der Waals surface area contributed by atoms with E-state index in [4.69, 9.17) is 4.74 Å². The summed E-state index contributed by atoms with van der Waals surface area (Å²) in [5, 5.41) is 0. The number of carbonyl (C=O) groups excluding carboxylic acids is 3. The minimum atomic E-state index is -1.29. The summed E-state index contributed by atoms with van der Waals surface area (Å²) in [5.41, 5.74) is -1.72. The number of rotatable bonds is 1. The molecule has 4 nitrogen and oxygen atoms in total. The first-order valence-electron chi connectivity index (χ1n) is 13.3. The molecule has 5 rings (SSSR count). The average molecular weight is 457 g/mol. The van der Waals surface area contributed by atoms with Crippen molar-refractivity contribution in [1.82, 2.24) is 0 Å². The van der Waals surface area contributed by atoms with Crippen molar-refractivity contribution >= 4 is 17.5 Å². The fraction of sp³-hybridized carbons (Fsp3) is 0.897. The van der Waals surface area contributed by atoms with Gasteiger partial charge in [0.1, 0.15) is 5.78 Å². The molecule has 0 N–H and O–H groups in total.